The summed E-state index contributed by atoms with van der Waals surface area (Å²) in [6.07, 6.45) is 12.0. The molecule has 4 aromatic rings. The Morgan fingerprint density at radius 3 is 2.83 bits per heavy atom. The Hall–Kier alpha value is -3.72. The molecule has 0 bridgehead atoms. The van der Waals surface area contributed by atoms with Gasteiger partial charge in [0.1, 0.15) is 17.1 Å². The molecule has 12 heteroatoms. The van der Waals surface area contributed by atoms with Crippen LogP contribution in [0.4, 0.5) is 4.39 Å². The van der Waals surface area contributed by atoms with Gasteiger partial charge in [-0.2, -0.15) is 15.5 Å². The van der Waals surface area contributed by atoms with E-state index < -0.39 is 11.9 Å². The molecule has 1 saturated carbocycles. The third-order valence-corrected chi connectivity index (χ3v) is 7.58. The number of hydrogen-bond donors (Lipinski definition) is 3. The zero-order valence-corrected chi connectivity index (χ0v) is 23.0. The third-order valence-electron chi connectivity index (χ3n) is 7.31. The number of rotatable bonds is 6. The summed E-state index contributed by atoms with van der Waals surface area (Å²) in [5.41, 5.74) is 4.83. The van der Waals surface area contributed by atoms with Crippen molar-refractivity contribution < 1.29 is 14.2 Å². The van der Waals surface area contributed by atoms with Crippen LogP contribution in [0.2, 0.25) is 5.02 Å². The summed E-state index contributed by atoms with van der Waals surface area (Å²) in [7, 11) is 0. The van der Waals surface area contributed by atoms with Crippen molar-refractivity contribution >= 4 is 17.1 Å². The van der Waals surface area contributed by atoms with Crippen LogP contribution in [-0.4, -0.2) is 48.7 Å². The first kappa shape index (κ1) is 27.8. The first-order valence-electron chi connectivity index (χ1n) is 13.5. The van der Waals surface area contributed by atoms with Crippen molar-refractivity contribution in [1.82, 2.24) is 35.0 Å². The van der Waals surface area contributed by atoms with E-state index in [1.54, 1.807) is 4.52 Å². The summed E-state index contributed by atoms with van der Waals surface area (Å²) < 4.78 is 23.0. The minimum absolute atomic E-state index is 0.343. The van der Waals surface area contributed by atoms with Crippen molar-refractivity contribution in [2.45, 2.75) is 64.3 Å². The van der Waals surface area contributed by atoms with Crippen LogP contribution in [0.15, 0.2) is 36.8 Å². The molecule has 10 nitrogen and oxygen atoms in total. The molecular formula is C28H32ClFN8O2. The zero-order chi connectivity index (χ0) is 28.1. The standard InChI is InChI=1S/C21H20ClFN6O2.C7H12N2/c1-12-17-9-24-4-5-28(17)27-20(12)13-6-18(21-15(22)8-26-29(21)10-13)31-19(11-30)16-3-2-14(23)7-25-16;8-6-9-7-4-2-1-3-5-7/h2-3,6-8,10,19,24,30H,4-5,9,11H2,1H3;7,9H,1-5H2. The summed E-state index contributed by atoms with van der Waals surface area (Å²) in [5.74, 6) is -0.0361. The van der Waals surface area contributed by atoms with Crippen LogP contribution >= 0.6 is 11.6 Å². The molecule has 0 amide bonds. The molecule has 5 heterocycles. The molecular weight excluding hydrogens is 535 g/mol. The SMILES string of the molecule is Cc1c(-c2cc(OC(CO)c3ccc(F)cn3)c3c(Cl)cnn3c2)nn2c1CNCC2.N#CNC1CCCCC1. The van der Waals surface area contributed by atoms with E-state index in [0.717, 1.165) is 48.3 Å². The summed E-state index contributed by atoms with van der Waals surface area (Å²) in [6.45, 7) is 4.14. The molecule has 210 valence electrons. The molecule has 4 aromatic heterocycles. The molecule has 1 aliphatic heterocycles. The van der Waals surface area contributed by atoms with Crippen LogP contribution in [0.5, 0.6) is 5.75 Å². The number of hydrogen-bond acceptors (Lipinski definition) is 8. The van der Waals surface area contributed by atoms with Crippen LogP contribution in [-0.2, 0) is 13.1 Å². The van der Waals surface area contributed by atoms with E-state index in [0.29, 0.717) is 28.0 Å². The molecule has 40 heavy (non-hydrogen) atoms. The summed E-state index contributed by atoms with van der Waals surface area (Å²) >= 11 is 6.36. The Morgan fingerprint density at radius 1 is 1.30 bits per heavy atom. The molecule has 2 aliphatic rings. The minimum Gasteiger partial charge on any atom is -0.479 e. The van der Waals surface area contributed by atoms with Crippen LogP contribution in [0.3, 0.4) is 0 Å². The Morgan fingerprint density at radius 2 is 2.12 bits per heavy atom. The maximum atomic E-state index is 13.3. The fourth-order valence-corrected chi connectivity index (χ4v) is 5.41. The number of fused-ring (bicyclic) bond motifs is 2. The Labute approximate surface area is 236 Å². The highest BCUT2D eigenvalue weighted by Crippen LogP contribution is 2.36. The van der Waals surface area contributed by atoms with Gasteiger partial charge in [0, 0.05) is 30.9 Å². The maximum absolute atomic E-state index is 13.3. The monoisotopic (exact) mass is 566 g/mol. The van der Waals surface area contributed by atoms with E-state index in [1.165, 1.54) is 50.4 Å². The first-order valence-corrected chi connectivity index (χ1v) is 13.8. The highest BCUT2D eigenvalue weighted by atomic mass is 35.5. The second-order valence-electron chi connectivity index (χ2n) is 9.98. The van der Waals surface area contributed by atoms with E-state index in [2.05, 4.69) is 20.7 Å². The molecule has 1 fully saturated rings. The van der Waals surface area contributed by atoms with Gasteiger partial charge >= 0.3 is 0 Å². The fourth-order valence-electron chi connectivity index (χ4n) is 5.19. The lowest BCUT2D eigenvalue weighted by Crippen LogP contribution is -2.28. The van der Waals surface area contributed by atoms with Crippen LogP contribution < -0.4 is 15.4 Å². The number of nitrogens with zero attached hydrogens (tertiary/aromatic N) is 6. The van der Waals surface area contributed by atoms with Crippen molar-refractivity contribution in [3.8, 4) is 23.2 Å². The minimum atomic E-state index is -0.800. The summed E-state index contributed by atoms with van der Waals surface area (Å²) in [4.78, 5) is 4.04. The second-order valence-corrected chi connectivity index (χ2v) is 10.4. The van der Waals surface area contributed by atoms with E-state index in [4.69, 9.17) is 26.7 Å². The van der Waals surface area contributed by atoms with E-state index >= 15 is 0 Å². The third kappa shape index (κ3) is 6.04. The molecule has 1 unspecified atom stereocenters. The van der Waals surface area contributed by atoms with Gasteiger partial charge < -0.3 is 20.5 Å². The molecule has 3 N–H and O–H groups in total. The van der Waals surface area contributed by atoms with Gasteiger partial charge in [-0.3, -0.25) is 9.67 Å². The number of nitriles is 1. The molecule has 1 atom stereocenters. The normalized spacial score (nSPS) is 16.0. The van der Waals surface area contributed by atoms with Gasteiger partial charge in [-0.1, -0.05) is 30.9 Å². The van der Waals surface area contributed by atoms with Crippen molar-refractivity contribution in [3.05, 3.63) is 64.6 Å². The van der Waals surface area contributed by atoms with Crippen molar-refractivity contribution in [3.63, 3.8) is 0 Å². The largest absolute Gasteiger partial charge is 0.479 e. The number of pyridine rings is 2. The number of ether oxygens (including phenoxy) is 1. The highest BCUT2D eigenvalue weighted by Gasteiger charge is 2.23. The second kappa shape index (κ2) is 12.6. The smallest absolute Gasteiger partial charge is 0.176 e. The Kier molecular flexibility index (Phi) is 8.79. The maximum Gasteiger partial charge on any atom is 0.176 e. The van der Waals surface area contributed by atoms with Crippen molar-refractivity contribution in [1.29, 1.82) is 5.26 Å². The number of nitrogens with one attached hydrogen (secondary N) is 2. The first-order chi connectivity index (χ1) is 19.5. The van der Waals surface area contributed by atoms with Crippen LogP contribution in [0.1, 0.15) is 55.2 Å². The van der Waals surface area contributed by atoms with Crippen molar-refractivity contribution in [2.24, 2.45) is 0 Å². The van der Waals surface area contributed by atoms with Crippen molar-refractivity contribution in [2.75, 3.05) is 13.2 Å². The van der Waals surface area contributed by atoms with Gasteiger partial charge in [0.25, 0.3) is 0 Å². The number of aliphatic hydroxyl groups excluding tert-OH is 1. The molecule has 0 saturated heterocycles. The molecule has 1 aliphatic carbocycles. The topological polar surface area (TPSA) is 125 Å². The Balaban J connectivity index is 0.000000306. The quantitative estimate of drug-likeness (QED) is 0.233. The van der Waals surface area contributed by atoms with E-state index in [9.17, 15) is 9.50 Å². The van der Waals surface area contributed by atoms with E-state index in [-0.39, 0.29) is 6.61 Å². The van der Waals surface area contributed by atoms with Gasteiger partial charge in [-0.15, -0.1) is 0 Å². The van der Waals surface area contributed by atoms with E-state index in [1.807, 2.05) is 30.1 Å². The zero-order valence-electron chi connectivity index (χ0n) is 22.3. The number of aromatic nitrogens is 5. The van der Waals surface area contributed by atoms with Gasteiger partial charge in [0.05, 0.1) is 47.6 Å². The van der Waals surface area contributed by atoms with Gasteiger partial charge in [-0.05, 0) is 43.5 Å². The van der Waals surface area contributed by atoms with Crippen LogP contribution in [0, 0.1) is 24.2 Å². The predicted molar refractivity (Wildman–Crippen MR) is 148 cm³/mol. The lowest BCUT2D eigenvalue weighted by molar-refractivity contribution is 0.114. The van der Waals surface area contributed by atoms with Gasteiger partial charge in [-0.25, -0.2) is 8.91 Å². The summed E-state index contributed by atoms with van der Waals surface area (Å²) in [5, 5.41) is 33.8. The lowest BCUT2D eigenvalue weighted by Gasteiger charge is -2.19. The van der Waals surface area contributed by atoms with Gasteiger partial charge in [0.2, 0.25) is 0 Å². The average Bonchev–Trinajstić information content (AvgIpc) is 3.53. The average molecular weight is 567 g/mol. The predicted octanol–water partition coefficient (Wildman–Crippen LogP) is 4.30. The molecule has 6 rings (SSSR count). The molecule has 0 radical (unpaired) electrons. The van der Waals surface area contributed by atoms with Crippen LogP contribution in [0.25, 0.3) is 16.8 Å². The number of halogens is 2. The summed E-state index contributed by atoms with van der Waals surface area (Å²) in [6, 6.07) is 5.09. The molecule has 0 spiro atoms. The lowest BCUT2D eigenvalue weighted by atomic mass is 9.96. The highest BCUT2D eigenvalue weighted by molar-refractivity contribution is 6.34. The van der Waals surface area contributed by atoms with Gasteiger partial charge in [0.15, 0.2) is 12.3 Å². The Bertz CT molecular complexity index is 1490. The molecule has 0 aromatic carbocycles. The fraction of sp³-hybridized carbons (Fsp3) is 0.429. The number of aliphatic hydroxyl groups is 1.